The summed E-state index contributed by atoms with van der Waals surface area (Å²) in [6, 6.07) is 6.32. The molecule has 8 heteroatoms. The predicted molar refractivity (Wildman–Crippen MR) is 93.1 cm³/mol. The van der Waals surface area contributed by atoms with Gasteiger partial charge < -0.3 is 15.4 Å². The van der Waals surface area contributed by atoms with Crippen molar-refractivity contribution in [2.24, 2.45) is 5.92 Å². The summed E-state index contributed by atoms with van der Waals surface area (Å²) in [5.41, 5.74) is 1.52. The van der Waals surface area contributed by atoms with Gasteiger partial charge in [0.2, 0.25) is 5.91 Å². The number of aryl methyl sites for hydroxylation is 1. The third kappa shape index (κ3) is 4.52. The number of carbonyl (C=O) groups excluding carboxylic acids is 1. The van der Waals surface area contributed by atoms with Crippen molar-refractivity contribution in [3.8, 4) is 17.0 Å². The van der Waals surface area contributed by atoms with Crippen molar-refractivity contribution in [3.63, 3.8) is 0 Å². The summed E-state index contributed by atoms with van der Waals surface area (Å²) < 4.78 is 28.8. The number of hydrogen-bond donors (Lipinski definition) is 2. The molecule has 1 saturated heterocycles. The molecule has 1 aromatic heterocycles. The Balaban J connectivity index is 1.70. The van der Waals surface area contributed by atoms with Gasteiger partial charge in [-0.05, 0) is 57.1 Å². The van der Waals surface area contributed by atoms with Gasteiger partial charge in [-0.1, -0.05) is 0 Å². The number of carbonyl (C=O) groups is 1. The molecular weight excluding hydrogens is 348 g/mol. The first-order valence-corrected chi connectivity index (χ1v) is 8.89. The molecule has 1 amide bonds. The number of halogens is 2. The normalized spacial score (nSPS) is 15.4. The molecule has 2 heterocycles. The Morgan fingerprint density at radius 1 is 1.32 bits per heavy atom. The molecule has 1 aromatic carbocycles. The number of benzene rings is 1. The highest BCUT2D eigenvalue weighted by Crippen LogP contribution is 2.32. The van der Waals surface area contributed by atoms with E-state index < -0.39 is 6.61 Å². The first kappa shape index (κ1) is 17.8. The number of ether oxygens (including phenoxy) is 1. The fourth-order valence-electron chi connectivity index (χ4n) is 2.80. The van der Waals surface area contributed by atoms with E-state index in [2.05, 4.69) is 20.4 Å². The summed E-state index contributed by atoms with van der Waals surface area (Å²) in [4.78, 5) is 17.7. The van der Waals surface area contributed by atoms with Gasteiger partial charge in [0.05, 0.1) is 5.69 Å². The SMILES string of the molecule is Cc1sc(NC(=O)C2CCNCC2)nc1-c1ccc(OC(F)F)cc1. The van der Waals surface area contributed by atoms with Gasteiger partial charge in [0.15, 0.2) is 5.13 Å². The minimum atomic E-state index is -2.84. The van der Waals surface area contributed by atoms with Crippen LogP contribution in [0.25, 0.3) is 11.3 Å². The number of aromatic nitrogens is 1. The van der Waals surface area contributed by atoms with E-state index in [-0.39, 0.29) is 17.6 Å². The molecule has 3 rings (SSSR count). The van der Waals surface area contributed by atoms with Gasteiger partial charge in [0.1, 0.15) is 5.75 Å². The Morgan fingerprint density at radius 2 is 2.00 bits per heavy atom. The van der Waals surface area contributed by atoms with Crippen LogP contribution in [0.4, 0.5) is 13.9 Å². The third-order valence-electron chi connectivity index (χ3n) is 4.09. The smallest absolute Gasteiger partial charge is 0.387 e. The fourth-order valence-corrected chi connectivity index (χ4v) is 3.64. The Kier molecular flexibility index (Phi) is 5.60. The average Bonchev–Trinajstić information content (AvgIpc) is 2.96. The van der Waals surface area contributed by atoms with E-state index in [9.17, 15) is 13.6 Å². The zero-order valence-electron chi connectivity index (χ0n) is 13.7. The Labute approximate surface area is 148 Å². The first-order chi connectivity index (χ1) is 12.0. The zero-order valence-corrected chi connectivity index (χ0v) is 14.5. The minimum Gasteiger partial charge on any atom is -0.435 e. The number of nitrogens with one attached hydrogen (secondary N) is 2. The molecule has 25 heavy (non-hydrogen) atoms. The van der Waals surface area contributed by atoms with E-state index in [1.54, 1.807) is 12.1 Å². The van der Waals surface area contributed by atoms with Crippen molar-refractivity contribution in [2.45, 2.75) is 26.4 Å². The van der Waals surface area contributed by atoms with Gasteiger partial charge >= 0.3 is 6.61 Å². The Hall–Kier alpha value is -2.06. The van der Waals surface area contributed by atoms with Crippen molar-refractivity contribution in [3.05, 3.63) is 29.1 Å². The van der Waals surface area contributed by atoms with E-state index in [4.69, 9.17) is 0 Å². The lowest BCUT2D eigenvalue weighted by atomic mass is 9.97. The average molecular weight is 367 g/mol. The maximum absolute atomic E-state index is 12.3. The minimum absolute atomic E-state index is 0.00230. The zero-order chi connectivity index (χ0) is 17.8. The second-order valence-corrected chi connectivity index (χ2v) is 7.04. The van der Waals surface area contributed by atoms with Gasteiger partial charge in [-0.3, -0.25) is 4.79 Å². The molecule has 0 atom stereocenters. The number of rotatable bonds is 5. The summed E-state index contributed by atoms with van der Waals surface area (Å²) >= 11 is 1.41. The van der Waals surface area contributed by atoms with Crippen molar-refractivity contribution >= 4 is 22.4 Å². The largest absolute Gasteiger partial charge is 0.435 e. The van der Waals surface area contributed by atoms with Gasteiger partial charge in [-0.25, -0.2) is 4.98 Å². The van der Waals surface area contributed by atoms with Crippen LogP contribution in [0, 0.1) is 12.8 Å². The van der Waals surface area contributed by atoms with Gasteiger partial charge in [0, 0.05) is 16.4 Å². The third-order valence-corrected chi connectivity index (χ3v) is 4.98. The molecule has 2 aromatic rings. The van der Waals surface area contributed by atoms with Crippen LogP contribution in [0.5, 0.6) is 5.75 Å². The van der Waals surface area contributed by atoms with Crippen LogP contribution in [0.3, 0.4) is 0 Å². The van der Waals surface area contributed by atoms with E-state index in [1.165, 1.54) is 23.5 Å². The molecule has 0 unspecified atom stereocenters. The Morgan fingerprint density at radius 3 is 2.64 bits per heavy atom. The van der Waals surface area contributed by atoms with Gasteiger partial charge in [-0.15, -0.1) is 11.3 Å². The summed E-state index contributed by atoms with van der Waals surface area (Å²) in [5, 5.41) is 6.69. The molecule has 5 nitrogen and oxygen atoms in total. The van der Waals surface area contributed by atoms with Crippen molar-refractivity contribution in [2.75, 3.05) is 18.4 Å². The summed E-state index contributed by atoms with van der Waals surface area (Å²) in [5.74, 6) is 0.119. The molecule has 0 bridgehead atoms. The second kappa shape index (κ2) is 7.88. The molecule has 134 valence electrons. The maximum Gasteiger partial charge on any atom is 0.387 e. The molecule has 0 radical (unpaired) electrons. The molecule has 1 aliphatic rings. The number of anilines is 1. The van der Waals surface area contributed by atoms with Gasteiger partial charge in [0.25, 0.3) is 0 Å². The lowest BCUT2D eigenvalue weighted by Crippen LogP contribution is -2.34. The molecule has 0 spiro atoms. The van der Waals surface area contributed by atoms with Crippen LogP contribution in [-0.4, -0.2) is 30.6 Å². The standard InChI is InChI=1S/C17H19F2N3O2S/c1-10-14(11-2-4-13(5-3-11)24-16(18)19)21-17(25-10)22-15(23)12-6-8-20-9-7-12/h2-5,12,16,20H,6-9H2,1H3,(H,21,22,23). The number of alkyl halides is 2. The second-order valence-electron chi connectivity index (χ2n) is 5.84. The van der Waals surface area contributed by atoms with Crippen molar-refractivity contribution in [1.82, 2.24) is 10.3 Å². The number of hydrogen-bond acceptors (Lipinski definition) is 5. The molecule has 1 fully saturated rings. The lowest BCUT2D eigenvalue weighted by molar-refractivity contribution is -0.120. The number of amides is 1. The molecule has 2 N–H and O–H groups in total. The summed E-state index contributed by atoms with van der Waals surface area (Å²) in [7, 11) is 0. The highest BCUT2D eigenvalue weighted by Gasteiger charge is 2.22. The highest BCUT2D eigenvalue weighted by atomic mass is 32.1. The van der Waals surface area contributed by atoms with Crippen LogP contribution in [0.1, 0.15) is 17.7 Å². The van der Waals surface area contributed by atoms with Crippen LogP contribution in [0.15, 0.2) is 24.3 Å². The number of thiazole rings is 1. The number of piperidine rings is 1. The Bertz CT molecular complexity index is 728. The van der Waals surface area contributed by atoms with Crippen LogP contribution in [-0.2, 0) is 4.79 Å². The molecule has 0 aliphatic carbocycles. The van der Waals surface area contributed by atoms with Crippen molar-refractivity contribution < 1.29 is 18.3 Å². The molecule has 0 saturated carbocycles. The summed E-state index contributed by atoms with van der Waals surface area (Å²) in [6.45, 7) is 0.778. The quantitative estimate of drug-likeness (QED) is 0.847. The fraction of sp³-hybridized carbons (Fsp3) is 0.412. The van der Waals surface area contributed by atoms with Crippen molar-refractivity contribution in [1.29, 1.82) is 0 Å². The van der Waals surface area contributed by atoms with E-state index in [0.29, 0.717) is 5.13 Å². The van der Waals surface area contributed by atoms with E-state index in [1.807, 2.05) is 6.92 Å². The molecule has 1 aliphatic heterocycles. The first-order valence-electron chi connectivity index (χ1n) is 8.07. The van der Waals surface area contributed by atoms with Crippen LogP contribution in [0.2, 0.25) is 0 Å². The van der Waals surface area contributed by atoms with E-state index in [0.717, 1.165) is 42.1 Å². The molecular formula is C17H19F2N3O2S. The number of nitrogens with zero attached hydrogens (tertiary/aromatic N) is 1. The monoisotopic (exact) mass is 367 g/mol. The predicted octanol–water partition coefficient (Wildman–Crippen LogP) is 3.66. The van der Waals surface area contributed by atoms with Crippen LogP contribution >= 0.6 is 11.3 Å². The topological polar surface area (TPSA) is 63.2 Å². The van der Waals surface area contributed by atoms with E-state index >= 15 is 0 Å². The highest BCUT2D eigenvalue weighted by molar-refractivity contribution is 7.16. The lowest BCUT2D eigenvalue weighted by Gasteiger charge is -2.21. The summed E-state index contributed by atoms with van der Waals surface area (Å²) in [6.07, 6.45) is 1.66. The van der Waals surface area contributed by atoms with Gasteiger partial charge in [-0.2, -0.15) is 8.78 Å². The maximum atomic E-state index is 12.3. The van der Waals surface area contributed by atoms with Crippen LogP contribution < -0.4 is 15.4 Å².